The Morgan fingerprint density at radius 2 is 0.964 bits per heavy atom. The number of rotatable bonds is 39. The molecule has 2 unspecified atom stereocenters. The highest BCUT2D eigenvalue weighted by Gasteiger charge is 2.25. The van der Waals surface area contributed by atoms with Gasteiger partial charge >= 0.3 is 11.9 Å². The molecular formula is C48H83NO7. The Labute approximate surface area is 343 Å². The molecule has 0 amide bonds. The van der Waals surface area contributed by atoms with Crippen LogP contribution in [0.4, 0.5) is 0 Å². The predicted octanol–water partition coefficient (Wildman–Crippen LogP) is 10.9. The van der Waals surface area contributed by atoms with E-state index in [1.165, 1.54) is 77.0 Å². The second-order valence-electron chi connectivity index (χ2n) is 15.9. The number of allylic oxidation sites excluding steroid dienone is 10. The molecule has 0 heterocycles. The number of carbonyl (C=O) groups is 3. The molecule has 0 fully saturated rings. The first kappa shape index (κ1) is 53.0. The fourth-order valence-corrected chi connectivity index (χ4v) is 6.25. The molecule has 0 aromatic rings. The van der Waals surface area contributed by atoms with Gasteiger partial charge in [-0.2, -0.15) is 0 Å². The number of carboxylic acid groups (broad SMARTS) is 1. The van der Waals surface area contributed by atoms with E-state index in [4.69, 9.17) is 14.2 Å². The van der Waals surface area contributed by atoms with Crippen molar-refractivity contribution in [1.29, 1.82) is 0 Å². The quantitative estimate of drug-likeness (QED) is 0.0265. The van der Waals surface area contributed by atoms with Crippen LogP contribution in [-0.4, -0.2) is 75.5 Å². The van der Waals surface area contributed by atoms with Crippen molar-refractivity contribution in [3.05, 3.63) is 60.8 Å². The van der Waals surface area contributed by atoms with E-state index in [-0.39, 0.29) is 49.1 Å². The minimum atomic E-state index is -1.13. The Bertz CT molecular complexity index is 1100. The first-order chi connectivity index (χ1) is 27.1. The summed E-state index contributed by atoms with van der Waals surface area (Å²) in [7, 11) is 5.38. The number of carboxylic acids is 1. The average molecular weight is 786 g/mol. The van der Waals surface area contributed by atoms with E-state index < -0.39 is 18.1 Å². The van der Waals surface area contributed by atoms with E-state index in [1.807, 2.05) is 0 Å². The van der Waals surface area contributed by atoms with Gasteiger partial charge in [-0.05, 0) is 64.2 Å². The Balaban J connectivity index is 4.25. The number of carbonyl (C=O) groups excluding carboxylic acids is 3. The van der Waals surface area contributed by atoms with Crippen LogP contribution in [0.15, 0.2) is 60.8 Å². The van der Waals surface area contributed by atoms with Gasteiger partial charge in [0.05, 0.1) is 40.3 Å². The van der Waals surface area contributed by atoms with E-state index in [0.717, 1.165) is 57.8 Å². The van der Waals surface area contributed by atoms with E-state index >= 15 is 0 Å². The number of quaternary nitrogens is 1. The summed E-state index contributed by atoms with van der Waals surface area (Å²) in [6.07, 6.45) is 47.0. The summed E-state index contributed by atoms with van der Waals surface area (Å²) >= 11 is 0. The Morgan fingerprint density at radius 3 is 1.45 bits per heavy atom. The van der Waals surface area contributed by atoms with Gasteiger partial charge in [-0.3, -0.25) is 9.59 Å². The molecule has 0 aromatic heterocycles. The summed E-state index contributed by atoms with van der Waals surface area (Å²) in [4.78, 5) is 36.8. The molecule has 0 aliphatic carbocycles. The second-order valence-corrected chi connectivity index (χ2v) is 15.9. The van der Waals surface area contributed by atoms with Crippen molar-refractivity contribution in [2.24, 2.45) is 0 Å². The molecule has 0 spiro atoms. The van der Waals surface area contributed by atoms with Crippen molar-refractivity contribution >= 4 is 17.9 Å². The Hall–Kier alpha value is -2.97. The molecule has 0 aliphatic heterocycles. The molecule has 0 rings (SSSR count). The number of esters is 2. The van der Waals surface area contributed by atoms with Gasteiger partial charge in [0.15, 0.2) is 6.10 Å². The molecule has 8 nitrogen and oxygen atoms in total. The second kappa shape index (κ2) is 38.9. The van der Waals surface area contributed by atoms with Crippen LogP contribution in [0.2, 0.25) is 0 Å². The Morgan fingerprint density at radius 1 is 0.536 bits per heavy atom. The summed E-state index contributed by atoms with van der Waals surface area (Å²) < 4.78 is 17.1. The zero-order valence-electron chi connectivity index (χ0n) is 36.5. The van der Waals surface area contributed by atoms with Crippen LogP contribution >= 0.6 is 0 Å². The topological polar surface area (TPSA) is 102 Å². The van der Waals surface area contributed by atoms with Crippen molar-refractivity contribution in [2.45, 2.75) is 187 Å². The average Bonchev–Trinajstić information content (AvgIpc) is 3.15. The van der Waals surface area contributed by atoms with Crippen molar-refractivity contribution in [3.63, 3.8) is 0 Å². The summed E-state index contributed by atoms with van der Waals surface area (Å²) in [5, 5.41) is 11.6. The largest absolute Gasteiger partial charge is 0.544 e. The molecule has 0 aliphatic rings. The fraction of sp³-hybridized carbons (Fsp3) is 0.729. The van der Waals surface area contributed by atoms with Crippen molar-refractivity contribution in [3.8, 4) is 0 Å². The SMILES string of the molecule is CC/C=C/C/C=C/C/C=C/CCCC(=O)OC(COCCC(C(=O)[O-])[N+](C)(C)C)COC(=O)CCCCCCCCCCCCCCCC/C=C/C/C=C/CC. The number of unbranched alkanes of at least 4 members (excludes halogenated alkanes) is 15. The highest BCUT2D eigenvalue weighted by Crippen LogP contribution is 2.15. The lowest BCUT2D eigenvalue weighted by Gasteiger charge is -2.34. The monoisotopic (exact) mass is 786 g/mol. The molecule has 56 heavy (non-hydrogen) atoms. The molecule has 0 saturated carbocycles. The molecule has 0 saturated heterocycles. The molecular weight excluding hydrogens is 703 g/mol. The maximum absolute atomic E-state index is 12.6. The molecule has 322 valence electrons. The number of hydrogen-bond acceptors (Lipinski definition) is 7. The summed E-state index contributed by atoms with van der Waals surface area (Å²) in [5.41, 5.74) is 0. The fourth-order valence-electron chi connectivity index (χ4n) is 6.25. The normalized spacial score (nSPS) is 13.5. The highest BCUT2D eigenvalue weighted by atomic mass is 16.6. The first-order valence-electron chi connectivity index (χ1n) is 22.3. The van der Waals surface area contributed by atoms with Gasteiger partial charge < -0.3 is 28.6 Å². The number of hydrogen-bond donors (Lipinski definition) is 0. The molecule has 0 aromatic carbocycles. The van der Waals surface area contributed by atoms with Gasteiger partial charge in [-0.1, -0.05) is 152 Å². The maximum Gasteiger partial charge on any atom is 0.306 e. The number of aliphatic carboxylic acids is 1. The van der Waals surface area contributed by atoms with E-state index in [9.17, 15) is 19.5 Å². The van der Waals surface area contributed by atoms with Gasteiger partial charge in [0.2, 0.25) is 0 Å². The van der Waals surface area contributed by atoms with Gasteiger partial charge in [0, 0.05) is 19.3 Å². The summed E-state index contributed by atoms with van der Waals surface area (Å²) in [5.74, 6) is -1.81. The van der Waals surface area contributed by atoms with E-state index in [2.05, 4.69) is 74.6 Å². The van der Waals surface area contributed by atoms with Crippen molar-refractivity contribution in [1.82, 2.24) is 0 Å². The molecule has 2 atom stereocenters. The highest BCUT2D eigenvalue weighted by molar-refractivity contribution is 5.70. The third-order valence-corrected chi connectivity index (χ3v) is 9.65. The lowest BCUT2D eigenvalue weighted by Crippen LogP contribution is -2.55. The van der Waals surface area contributed by atoms with Crippen molar-refractivity contribution in [2.75, 3.05) is 41.0 Å². The molecule has 0 radical (unpaired) electrons. The van der Waals surface area contributed by atoms with Gasteiger partial charge in [-0.25, -0.2) is 0 Å². The Kier molecular flexibility index (Phi) is 36.8. The first-order valence-corrected chi connectivity index (χ1v) is 22.3. The van der Waals surface area contributed by atoms with Gasteiger partial charge in [-0.15, -0.1) is 0 Å². The van der Waals surface area contributed by atoms with Gasteiger partial charge in [0.25, 0.3) is 0 Å². The zero-order valence-corrected chi connectivity index (χ0v) is 36.5. The lowest BCUT2D eigenvalue weighted by molar-refractivity contribution is -0.889. The minimum absolute atomic E-state index is 0.0193. The number of likely N-dealkylation sites (N-methyl/N-ethyl adjacent to an activating group) is 1. The van der Waals surface area contributed by atoms with E-state index in [1.54, 1.807) is 21.1 Å². The standard InChI is InChI=1S/C48H83NO7/c1-6-8-10-12-14-16-18-19-20-21-22-23-24-25-26-27-29-30-32-34-36-38-46(50)55-43-44(42-54-41-40-45(48(52)53)49(3,4)5)56-47(51)39-37-35-33-31-28-17-15-13-11-9-7-2/h8-11,14-17,31,33,44-45H,6-7,12-13,18-30,32,34-43H2,1-5H3/b10-8+,11-9+,16-14+,17-15+,33-31+. The van der Waals surface area contributed by atoms with Crippen LogP contribution < -0.4 is 5.11 Å². The van der Waals surface area contributed by atoms with Crippen molar-refractivity contribution < 1.29 is 38.2 Å². The van der Waals surface area contributed by atoms with Gasteiger partial charge in [0.1, 0.15) is 12.6 Å². The van der Waals surface area contributed by atoms with E-state index in [0.29, 0.717) is 12.8 Å². The van der Waals surface area contributed by atoms with Crippen LogP contribution in [0.5, 0.6) is 0 Å². The molecule has 0 N–H and O–H groups in total. The summed E-state index contributed by atoms with van der Waals surface area (Å²) in [6.45, 7) is 4.38. The maximum atomic E-state index is 12.6. The number of ether oxygens (including phenoxy) is 3. The molecule has 8 heteroatoms. The molecule has 0 bridgehead atoms. The lowest BCUT2D eigenvalue weighted by atomic mass is 10.0. The smallest absolute Gasteiger partial charge is 0.306 e. The van der Waals surface area contributed by atoms with Crippen LogP contribution in [0.1, 0.15) is 174 Å². The third-order valence-electron chi connectivity index (χ3n) is 9.65. The zero-order chi connectivity index (χ0) is 41.4. The predicted molar refractivity (Wildman–Crippen MR) is 231 cm³/mol. The third kappa shape index (κ3) is 36.7. The van der Waals surface area contributed by atoms with Crippen LogP contribution in [0, 0.1) is 0 Å². The van der Waals surface area contributed by atoms with Crippen LogP contribution in [-0.2, 0) is 28.6 Å². The minimum Gasteiger partial charge on any atom is -0.544 e. The summed E-state index contributed by atoms with van der Waals surface area (Å²) in [6, 6.07) is -0.735. The van der Waals surface area contributed by atoms with Crippen LogP contribution in [0.25, 0.3) is 0 Å². The van der Waals surface area contributed by atoms with Crippen LogP contribution in [0.3, 0.4) is 0 Å². The number of nitrogens with zero attached hydrogens (tertiary/aromatic N) is 1.